The van der Waals surface area contributed by atoms with Crippen molar-refractivity contribution in [2.24, 2.45) is 0 Å². The van der Waals surface area contributed by atoms with Gasteiger partial charge in [0.25, 0.3) is 0 Å². The Kier molecular flexibility index (Phi) is 2.84. The van der Waals surface area contributed by atoms with E-state index in [0.29, 0.717) is 5.82 Å². The van der Waals surface area contributed by atoms with Crippen LogP contribution in [-0.4, -0.2) is 15.0 Å². The van der Waals surface area contributed by atoms with Gasteiger partial charge < -0.3 is 10.7 Å². The van der Waals surface area contributed by atoms with Gasteiger partial charge in [-0.2, -0.15) is 0 Å². The first-order valence-electron chi connectivity index (χ1n) is 4.33. The van der Waals surface area contributed by atoms with Crippen LogP contribution in [-0.2, 0) is 0 Å². The first kappa shape index (κ1) is 9.51. The van der Waals surface area contributed by atoms with E-state index in [-0.39, 0.29) is 0 Å². The number of aryl methyl sites for hydroxylation is 1. The molecule has 2 heterocycles. The van der Waals surface area contributed by atoms with Gasteiger partial charge in [0.05, 0.1) is 5.52 Å². The first-order chi connectivity index (χ1) is 6.29. The second-order valence-corrected chi connectivity index (χ2v) is 2.45. The van der Waals surface area contributed by atoms with Crippen LogP contribution in [0.5, 0.6) is 0 Å². The molecule has 0 aliphatic heterocycles. The van der Waals surface area contributed by atoms with Crippen LogP contribution in [0.3, 0.4) is 0 Å². The van der Waals surface area contributed by atoms with Gasteiger partial charge in [-0.25, -0.2) is 9.97 Å². The van der Waals surface area contributed by atoms with E-state index in [0.717, 1.165) is 16.6 Å². The monoisotopic (exact) mass is 178 g/mol. The number of nitrogen functional groups attached to an aromatic ring is 1. The molecule has 4 heteroatoms. The summed E-state index contributed by atoms with van der Waals surface area (Å²) in [7, 11) is 0. The molecule has 0 saturated carbocycles. The molecule has 70 valence electrons. The molecule has 0 aromatic carbocycles. The summed E-state index contributed by atoms with van der Waals surface area (Å²) < 4.78 is 0. The third-order valence-corrected chi connectivity index (χ3v) is 1.68. The van der Waals surface area contributed by atoms with Gasteiger partial charge in [-0.15, -0.1) is 0 Å². The number of fused-ring (bicyclic) bond motifs is 1. The highest BCUT2D eigenvalue weighted by Gasteiger charge is 2.02. The van der Waals surface area contributed by atoms with Crippen molar-refractivity contribution in [3.05, 3.63) is 18.1 Å². The van der Waals surface area contributed by atoms with Gasteiger partial charge in [-0.05, 0) is 12.5 Å². The lowest BCUT2D eigenvalue weighted by molar-refractivity contribution is 1.22. The number of hydrogen-bond donors (Lipinski definition) is 2. The predicted octanol–water partition coefficient (Wildman–Crippen LogP) is 1.87. The summed E-state index contributed by atoms with van der Waals surface area (Å²) in [5.74, 6) is 0.503. The maximum absolute atomic E-state index is 5.59. The second-order valence-electron chi connectivity index (χ2n) is 2.45. The van der Waals surface area contributed by atoms with E-state index in [1.807, 2.05) is 27.0 Å². The van der Waals surface area contributed by atoms with Crippen LogP contribution >= 0.6 is 0 Å². The van der Waals surface area contributed by atoms with Gasteiger partial charge >= 0.3 is 0 Å². The van der Waals surface area contributed by atoms with Gasteiger partial charge in [0.1, 0.15) is 11.8 Å². The molecule has 0 aliphatic rings. The minimum atomic E-state index is 0.503. The maximum atomic E-state index is 5.59. The van der Waals surface area contributed by atoms with Crippen LogP contribution in [0.4, 0.5) is 5.82 Å². The van der Waals surface area contributed by atoms with Gasteiger partial charge in [0, 0.05) is 6.20 Å². The van der Waals surface area contributed by atoms with E-state index in [2.05, 4.69) is 15.0 Å². The Morgan fingerprint density at radius 2 is 2.00 bits per heavy atom. The van der Waals surface area contributed by atoms with Crippen molar-refractivity contribution in [3.8, 4) is 0 Å². The highest BCUT2D eigenvalue weighted by Crippen LogP contribution is 2.17. The maximum Gasteiger partial charge on any atom is 0.151 e. The van der Waals surface area contributed by atoms with E-state index >= 15 is 0 Å². The van der Waals surface area contributed by atoms with Gasteiger partial charge in [0.2, 0.25) is 0 Å². The Labute approximate surface area is 77.2 Å². The Bertz CT molecular complexity index is 391. The van der Waals surface area contributed by atoms with Crippen molar-refractivity contribution in [3.63, 3.8) is 0 Å². The minimum Gasteiger partial charge on any atom is -0.382 e. The van der Waals surface area contributed by atoms with Crippen LogP contribution in [0, 0.1) is 6.92 Å². The van der Waals surface area contributed by atoms with Crippen molar-refractivity contribution in [2.75, 3.05) is 5.73 Å². The first-order valence-corrected chi connectivity index (χ1v) is 4.33. The normalized spacial score (nSPS) is 9.46. The van der Waals surface area contributed by atoms with Crippen LogP contribution in [0.1, 0.15) is 19.4 Å². The quantitative estimate of drug-likeness (QED) is 0.647. The molecule has 0 amide bonds. The van der Waals surface area contributed by atoms with Crippen LogP contribution < -0.4 is 5.73 Å². The van der Waals surface area contributed by atoms with Crippen molar-refractivity contribution < 1.29 is 0 Å². The summed E-state index contributed by atoms with van der Waals surface area (Å²) in [5, 5.41) is 0. The topological polar surface area (TPSA) is 67.6 Å². The number of H-pyrrole nitrogens is 1. The number of nitrogens with two attached hydrogens (primary N) is 1. The van der Waals surface area contributed by atoms with Crippen molar-refractivity contribution in [1.29, 1.82) is 0 Å². The standard InChI is InChI=1S/C7H8N4.C2H6/c1-4-2-9-6-5(4)10-3-11-7(6)8;1-2/h2-3,9H,1H3,(H2,8,10,11);1-2H3. The number of rotatable bonds is 0. The lowest BCUT2D eigenvalue weighted by atomic mass is 10.3. The highest BCUT2D eigenvalue weighted by atomic mass is 14.9. The zero-order valence-corrected chi connectivity index (χ0v) is 8.13. The average molecular weight is 178 g/mol. The van der Waals surface area contributed by atoms with Crippen LogP contribution in [0.25, 0.3) is 11.0 Å². The van der Waals surface area contributed by atoms with Gasteiger partial charge in [-0.1, -0.05) is 13.8 Å². The SMILES string of the molecule is CC.Cc1c[nH]c2c(N)ncnc12. The summed E-state index contributed by atoms with van der Waals surface area (Å²) in [6.45, 7) is 5.98. The Hall–Kier alpha value is -1.58. The second kappa shape index (κ2) is 3.89. The van der Waals surface area contributed by atoms with Gasteiger partial charge in [0.15, 0.2) is 5.82 Å². The van der Waals surface area contributed by atoms with E-state index in [9.17, 15) is 0 Å². The molecule has 4 nitrogen and oxygen atoms in total. The largest absolute Gasteiger partial charge is 0.382 e. The summed E-state index contributed by atoms with van der Waals surface area (Å²) in [5.41, 5.74) is 8.40. The number of hydrogen-bond acceptors (Lipinski definition) is 3. The van der Waals surface area contributed by atoms with Crippen LogP contribution in [0.2, 0.25) is 0 Å². The van der Waals surface area contributed by atoms with E-state index in [1.165, 1.54) is 6.33 Å². The van der Waals surface area contributed by atoms with E-state index in [1.54, 1.807) is 0 Å². The van der Waals surface area contributed by atoms with Crippen LogP contribution in [0.15, 0.2) is 12.5 Å². The minimum absolute atomic E-state index is 0.503. The Morgan fingerprint density at radius 3 is 2.62 bits per heavy atom. The van der Waals surface area contributed by atoms with Crippen molar-refractivity contribution in [1.82, 2.24) is 15.0 Å². The molecule has 0 spiro atoms. The number of anilines is 1. The molecule has 0 bridgehead atoms. The summed E-state index contributed by atoms with van der Waals surface area (Å²) in [6, 6.07) is 0. The average Bonchev–Trinajstić information content (AvgIpc) is 2.53. The zero-order valence-electron chi connectivity index (χ0n) is 8.13. The number of nitrogens with one attached hydrogen (secondary N) is 1. The Balaban J connectivity index is 0.000000396. The predicted molar refractivity (Wildman–Crippen MR) is 54.4 cm³/mol. The molecule has 13 heavy (non-hydrogen) atoms. The Morgan fingerprint density at radius 1 is 1.31 bits per heavy atom. The third-order valence-electron chi connectivity index (χ3n) is 1.68. The molecular weight excluding hydrogens is 164 g/mol. The lowest BCUT2D eigenvalue weighted by Gasteiger charge is -1.92. The number of aromatic amines is 1. The van der Waals surface area contributed by atoms with Gasteiger partial charge in [-0.3, -0.25) is 0 Å². The molecule has 2 aromatic rings. The summed E-state index contributed by atoms with van der Waals surface area (Å²) in [4.78, 5) is 10.9. The molecule has 0 unspecified atom stereocenters. The lowest BCUT2D eigenvalue weighted by Crippen LogP contribution is -1.91. The third kappa shape index (κ3) is 1.61. The molecule has 2 aromatic heterocycles. The molecule has 0 atom stereocenters. The number of nitrogens with zero attached hydrogens (tertiary/aromatic N) is 2. The summed E-state index contributed by atoms with van der Waals surface area (Å²) >= 11 is 0. The van der Waals surface area contributed by atoms with E-state index < -0.39 is 0 Å². The summed E-state index contributed by atoms with van der Waals surface area (Å²) in [6.07, 6.45) is 3.34. The smallest absolute Gasteiger partial charge is 0.151 e. The van der Waals surface area contributed by atoms with E-state index in [4.69, 9.17) is 5.73 Å². The fourth-order valence-corrected chi connectivity index (χ4v) is 1.09. The molecular formula is C9H14N4. The van der Waals surface area contributed by atoms with Crippen molar-refractivity contribution in [2.45, 2.75) is 20.8 Å². The molecule has 0 aliphatic carbocycles. The highest BCUT2D eigenvalue weighted by molar-refractivity contribution is 5.86. The fourth-order valence-electron chi connectivity index (χ4n) is 1.09. The molecule has 0 radical (unpaired) electrons. The molecule has 0 saturated heterocycles. The molecule has 0 fully saturated rings. The molecule has 2 rings (SSSR count). The number of aromatic nitrogens is 3. The fraction of sp³-hybridized carbons (Fsp3) is 0.333. The molecule has 3 N–H and O–H groups in total. The van der Waals surface area contributed by atoms with Crippen molar-refractivity contribution >= 4 is 16.9 Å². The zero-order chi connectivity index (χ0) is 9.84.